The molecule has 0 saturated carbocycles. The summed E-state index contributed by atoms with van der Waals surface area (Å²) in [5, 5.41) is 10.9. The van der Waals surface area contributed by atoms with Crippen molar-refractivity contribution in [2.24, 2.45) is 19.1 Å². The van der Waals surface area contributed by atoms with Crippen LogP contribution < -0.4 is 16.9 Å². The third kappa shape index (κ3) is 3.70. The fourth-order valence-corrected chi connectivity index (χ4v) is 4.50. The second-order valence-electron chi connectivity index (χ2n) is 7.60. The van der Waals surface area contributed by atoms with Gasteiger partial charge in [0.05, 0.1) is 22.4 Å². The SMILES string of the molecule is Cc1c(Br)ccc(-n2c(O)c(C=Nc3cc4c(cc3Br)n(C)c(=O)n4C)c(=O)[nH]c2=O)c1C. The molecule has 33 heavy (non-hydrogen) atoms. The predicted octanol–water partition coefficient (Wildman–Crippen LogP) is 3.31. The zero-order valence-electron chi connectivity index (χ0n) is 18.1. The maximum Gasteiger partial charge on any atom is 0.335 e. The topological polar surface area (TPSA) is 114 Å². The van der Waals surface area contributed by atoms with E-state index in [1.807, 2.05) is 13.8 Å². The van der Waals surface area contributed by atoms with Crippen molar-refractivity contribution in [3.8, 4) is 11.6 Å². The molecular weight excluding hydrogens is 558 g/mol. The van der Waals surface area contributed by atoms with Gasteiger partial charge in [0.15, 0.2) is 0 Å². The minimum absolute atomic E-state index is 0.177. The molecule has 4 aromatic rings. The van der Waals surface area contributed by atoms with E-state index in [-0.39, 0.29) is 11.3 Å². The smallest absolute Gasteiger partial charge is 0.335 e. The number of hydrogen-bond donors (Lipinski definition) is 2. The number of aryl methyl sites for hydroxylation is 2. The molecule has 0 unspecified atom stereocenters. The van der Waals surface area contributed by atoms with Gasteiger partial charge in [-0.05, 0) is 65.2 Å². The number of imidazole rings is 1. The monoisotopic (exact) mass is 575 g/mol. The van der Waals surface area contributed by atoms with Crippen molar-refractivity contribution in [2.45, 2.75) is 13.8 Å². The van der Waals surface area contributed by atoms with E-state index in [9.17, 15) is 19.5 Å². The lowest BCUT2D eigenvalue weighted by molar-refractivity contribution is 0.430. The lowest BCUT2D eigenvalue weighted by Crippen LogP contribution is -2.31. The molecule has 2 aromatic carbocycles. The van der Waals surface area contributed by atoms with E-state index in [0.29, 0.717) is 26.9 Å². The molecule has 9 nitrogen and oxygen atoms in total. The molecule has 2 aromatic heterocycles. The Morgan fingerprint density at radius 1 is 0.970 bits per heavy atom. The number of hydrogen-bond acceptors (Lipinski definition) is 5. The molecule has 0 atom stereocenters. The Morgan fingerprint density at radius 3 is 2.27 bits per heavy atom. The van der Waals surface area contributed by atoms with E-state index in [4.69, 9.17) is 0 Å². The average Bonchev–Trinajstić information content (AvgIpc) is 2.96. The van der Waals surface area contributed by atoms with E-state index >= 15 is 0 Å². The van der Waals surface area contributed by atoms with Gasteiger partial charge in [-0.1, -0.05) is 15.9 Å². The van der Waals surface area contributed by atoms with Crippen LogP contribution in [0.2, 0.25) is 0 Å². The van der Waals surface area contributed by atoms with Crippen LogP contribution in [0.5, 0.6) is 5.88 Å². The Balaban J connectivity index is 1.89. The van der Waals surface area contributed by atoms with Gasteiger partial charge in [0.1, 0.15) is 5.56 Å². The Morgan fingerprint density at radius 2 is 1.61 bits per heavy atom. The van der Waals surface area contributed by atoms with E-state index in [1.54, 1.807) is 38.4 Å². The number of aromatic nitrogens is 4. The van der Waals surface area contributed by atoms with Crippen molar-refractivity contribution in [3.63, 3.8) is 0 Å². The number of halogens is 2. The molecule has 0 saturated heterocycles. The lowest BCUT2D eigenvalue weighted by Gasteiger charge is -2.14. The van der Waals surface area contributed by atoms with E-state index in [1.165, 1.54) is 15.3 Å². The van der Waals surface area contributed by atoms with Crippen LogP contribution in [0, 0.1) is 13.8 Å². The van der Waals surface area contributed by atoms with Crippen molar-refractivity contribution >= 4 is 54.8 Å². The molecule has 0 fully saturated rings. The van der Waals surface area contributed by atoms with Gasteiger partial charge >= 0.3 is 11.4 Å². The largest absolute Gasteiger partial charge is 0.493 e. The molecule has 2 heterocycles. The Labute approximate surface area is 203 Å². The van der Waals surface area contributed by atoms with Crippen LogP contribution in [0.1, 0.15) is 16.7 Å². The van der Waals surface area contributed by atoms with Crippen molar-refractivity contribution in [1.29, 1.82) is 0 Å². The molecule has 4 rings (SSSR count). The maximum absolute atomic E-state index is 12.6. The van der Waals surface area contributed by atoms with Crippen LogP contribution >= 0.6 is 31.9 Å². The molecule has 0 spiro atoms. The number of nitrogens with one attached hydrogen (secondary N) is 1. The van der Waals surface area contributed by atoms with Gasteiger partial charge < -0.3 is 5.11 Å². The molecule has 0 aliphatic carbocycles. The summed E-state index contributed by atoms with van der Waals surface area (Å²) < 4.78 is 5.50. The fourth-order valence-electron chi connectivity index (χ4n) is 3.64. The number of aromatic hydroxyl groups is 1. The highest BCUT2D eigenvalue weighted by Gasteiger charge is 2.17. The van der Waals surface area contributed by atoms with Crippen LogP contribution in [0.3, 0.4) is 0 Å². The maximum atomic E-state index is 12.6. The minimum atomic E-state index is -0.770. The molecular formula is C22H19Br2N5O4. The highest BCUT2D eigenvalue weighted by atomic mass is 79.9. The van der Waals surface area contributed by atoms with Crippen LogP contribution in [0.25, 0.3) is 16.7 Å². The van der Waals surface area contributed by atoms with Gasteiger partial charge in [0.25, 0.3) is 5.56 Å². The van der Waals surface area contributed by atoms with Gasteiger partial charge in [0.2, 0.25) is 5.88 Å². The first-order valence-electron chi connectivity index (χ1n) is 9.76. The van der Waals surface area contributed by atoms with Gasteiger partial charge in [-0.15, -0.1) is 0 Å². The molecule has 0 bridgehead atoms. The van der Waals surface area contributed by atoms with Crippen LogP contribution in [0.15, 0.2) is 52.6 Å². The summed E-state index contributed by atoms with van der Waals surface area (Å²) in [5.74, 6) is -0.526. The first-order chi connectivity index (χ1) is 15.5. The van der Waals surface area contributed by atoms with Gasteiger partial charge in [-0.2, -0.15) is 0 Å². The van der Waals surface area contributed by atoms with Gasteiger partial charge in [-0.25, -0.2) is 14.2 Å². The number of aromatic amines is 1. The number of nitrogens with zero attached hydrogens (tertiary/aromatic N) is 4. The summed E-state index contributed by atoms with van der Waals surface area (Å²) in [6, 6.07) is 6.88. The highest BCUT2D eigenvalue weighted by Crippen LogP contribution is 2.31. The zero-order chi connectivity index (χ0) is 24.2. The second kappa shape index (κ2) is 8.31. The quantitative estimate of drug-likeness (QED) is 0.364. The number of aliphatic imine (C=N–C) groups is 1. The van der Waals surface area contributed by atoms with Crippen LogP contribution in [-0.2, 0) is 14.1 Å². The molecule has 0 aliphatic rings. The van der Waals surface area contributed by atoms with Crippen molar-refractivity contribution in [1.82, 2.24) is 18.7 Å². The lowest BCUT2D eigenvalue weighted by atomic mass is 10.1. The molecule has 11 heteroatoms. The van der Waals surface area contributed by atoms with E-state index in [0.717, 1.165) is 20.2 Å². The van der Waals surface area contributed by atoms with Crippen LogP contribution in [-0.4, -0.2) is 30.0 Å². The first kappa shape index (κ1) is 23.0. The fraction of sp³-hybridized carbons (Fsp3) is 0.182. The standard InChI is InChI=1S/C22H19Br2N5O4/c1-10-11(2)16(6-5-13(10)23)29-20(31)12(19(30)26-21(29)32)9-25-15-8-18-17(7-14(15)24)27(3)22(33)28(18)4/h5-9,31H,1-4H3,(H,26,30,32). The normalized spacial score (nSPS) is 11.7. The number of H-pyrrole nitrogens is 1. The van der Waals surface area contributed by atoms with E-state index in [2.05, 4.69) is 41.8 Å². The van der Waals surface area contributed by atoms with Gasteiger partial charge in [0, 0.05) is 29.3 Å². The molecule has 0 radical (unpaired) electrons. The second-order valence-corrected chi connectivity index (χ2v) is 9.31. The van der Waals surface area contributed by atoms with Crippen molar-refractivity contribution in [3.05, 3.63) is 81.2 Å². The Hall–Kier alpha value is -3.18. The number of fused-ring (bicyclic) bond motifs is 1. The van der Waals surface area contributed by atoms with E-state index < -0.39 is 17.1 Å². The molecule has 0 amide bonds. The van der Waals surface area contributed by atoms with Crippen molar-refractivity contribution < 1.29 is 5.11 Å². The molecule has 2 N–H and O–H groups in total. The molecule has 0 aliphatic heterocycles. The first-order valence-corrected chi connectivity index (χ1v) is 11.3. The minimum Gasteiger partial charge on any atom is -0.493 e. The summed E-state index contributed by atoms with van der Waals surface area (Å²) in [5.41, 5.74) is 2.01. The van der Waals surface area contributed by atoms with Crippen molar-refractivity contribution in [2.75, 3.05) is 0 Å². The number of rotatable bonds is 3. The predicted molar refractivity (Wildman–Crippen MR) is 135 cm³/mol. The summed E-state index contributed by atoms with van der Waals surface area (Å²) in [7, 11) is 3.33. The third-order valence-corrected chi connectivity index (χ3v) is 7.22. The average molecular weight is 577 g/mol. The Bertz CT molecular complexity index is 1660. The molecule has 170 valence electrons. The summed E-state index contributed by atoms with van der Waals surface area (Å²) in [6.45, 7) is 3.69. The number of benzene rings is 2. The van der Waals surface area contributed by atoms with Crippen LogP contribution in [0.4, 0.5) is 5.69 Å². The summed E-state index contributed by atoms with van der Waals surface area (Å²) >= 11 is 6.88. The summed E-state index contributed by atoms with van der Waals surface area (Å²) in [4.78, 5) is 43.8. The third-order valence-electron chi connectivity index (χ3n) is 5.73. The highest BCUT2D eigenvalue weighted by molar-refractivity contribution is 9.10. The van der Waals surface area contributed by atoms with Gasteiger partial charge in [-0.3, -0.25) is 23.9 Å². The summed E-state index contributed by atoms with van der Waals surface area (Å²) in [6.07, 6.45) is 1.19. The Kier molecular flexibility index (Phi) is 5.79. The zero-order valence-corrected chi connectivity index (χ0v) is 21.3.